The first-order chi connectivity index (χ1) is 13.2. The van der Waals surface area contributed by atoms with Gasteiger partial charge in [0.1, 0.15) is 5.82 Å². The maximum absolute atomic E-state index is 12.9. The highest BCUT2D eigenvalue weighted by Crippen LogP contribution is 2.29. The van der Waals surface area contributed by atoms with E-state index in [0.29, 0.717) is 5.56 Å². The fraction of sp³-hybridized carbons (Fsp3) is 0.300. The van der Waals surface area contributed by atoms with Gasteiger partial charge in [0.2, 0.25) is 11.8 Å². The van der Waals surface area contributed by atoms with Crippen LogP contribution < -0.4 is 5.32 Å². The Hall–Kier alpha value is -2.90. The van der Waals surface area contributed by atoms with Crippen LogP contribution in [0.15, 0.2) is 48.5 Å². The third-order valence-electron chi connectivity index (χ3n) is 4.08. The van der Waals surface area contributed by atoms with Crippen molar-refractivity contribution in [3.8, 4) is 0 Å². The van der Waals surface area contributed by atoms with Gasteiger partial charge in [-0.15, -0.1) is 0 Å². The fourth-order valence-corrected chi connectivity index (χ4v) is 2.55. The Morgan fingerprint density at radius 2 is 1.71 bits per heavy atom. The number of hydrogen-bond acceptors (Lipinski definition) is 2. The lowest BCUT2D eigenvalue weighted by atomic mass is 10.1. The van der Waals surface area contributed by atoms with E-state index in [0.717, 1.165) is 12.1 Å². The summed E-state index contributed by atoms with van der Waals surface area (Å²) in [4.78, 5) is 25.7. The molecule has 0 radical (unpaired) electrons. The molecule has 4 nitrogen and oxygen atoms in total. The molecule has 2 amide bonds. The normalized spacial score (nSPS) is 11.2. The van der Waals surface area contributed by atoms with Gasteiger partial charge in [-0.05, 0) is 36.2 Å². The highest BCUT2D eigenvalue weighted by molar-refractivity contribution is 5.85. The summed E-state index contributed by atoms with van der Waals surface area (Å²) >= 11 is 0. The van der Waals surface area contributed by atoms with Crippen LogP contribution in [-0.2, 0) is 28.7 Å². The SMILES string of the molecule is CCN(CC(=O)NCc1ccc(F)cc1)C(=O)Cc1cccc(C(F)(F)F)c1. The van der Waals surface area contributed by atoms with Gasteiger partial charge in [0.15, 0.2) is 0 Å². The Morgan fingerprint density at radius 3 is 2.32 bits per heavy atom. The molecule has 0 atom stereocenters. The molecule has 1 N–H and O–H groups in total. The third-order valence-corrected chi connectivity index (χ3v) is 4.08. The largest absolute Gasteiger partial charge is 0.416 e. The topological polar surface area (TPSA) is 49.4 Å². The van der Waals surface area contributed by atoms with Gasteiger partial charge >= 0.3 is 6.18 Å². The summed E-state index contributed by atoms with van der Waals surface area (Å²) in [5, 5.41) is 2.63. The predicted molar refractivity (Wildman–Crippen MR) is 95.6 cm³/mol. The number of nitrogens with one attached hydrogen (secondary N) is 1. The Balaban J connectivity index is 1.92. The first-order valence-electron chi connectivity index (χ1n) is 8.64. The van der Waals surface area contributed by atoms with E-state index in [4.69, 9.17) is 0 Å². The van der Waals surface area contributed by atoms with Crippen molar-refractivity contribution in [2.75, 3.05) is 13.1 Å². The molecule has 150 valence electrons. The van der Waals surface area contributed by atoms with Crippen LogP contribution in [0.3, 0.4) is 0 Å². The number of rotatable bonds is 7. The van der Waals surface area contributed by atoms with Crippen molar-refractivity contribution in [3.63, 3.8) is 0 Å². The minimum absolute atomic E-state index is 0.179. The molecule has 0 aromatic heterocycles. The number of likely N-dealkylation sites (N-methyl/N-ethyl adjacent to an activating group) is 1. The zero-order chi connectivity index (χ0) is 20.7. The second-order valence-electron chi connectivity index (χ2n) is 6.19. The number of amides is 2. The molecule has 0 saturated carbocycles. The predicted octanol–water partition coefficient (Wildman–Crippen LogP) is 3.55. The molecule has 2 aromatic rings. The van der Waals surface area contributed by atoms with Crippen LogP contribution >= 0.6 is 0 Å². The van der Waals surface area contributed by atoms with Crippen molar-refractivity contribution in [1.29, 1.82) is 0 Å². The molecule has 2 aromatic carbocycles. The average Bonchev–Trinajstić information content (AvgIpc) is 2.65. The maximum Gasteiger partial charge on any atom is 0.416 e. The zero-order valence-corrected chi connectivity index (χ0v) is 15.2. The van der Waals surface area contributed by atoms with Gasteiger partial charge in [-0.1, -0.05) is 30.3 Å². The van der Waals surface area contributed by atoms with Gasteiger partial charge in [0.25, 0.3) is 0 Å². The van der Waals surface area contributed by atoms with Gasteiger partial charge < -0.3 is 10.2 Å². The highest BCUT2D eigenvalue weighted by Gasteiger charge is 2.30. The molecular formula is C20H20F4N2O2. The first-order valence-corrected chi connectivity index (χ1v) is 8.64. The zero-order valence-electron chi connectivity index (χ0n) is 15.2. The van der Waals surface area contributed by atoms with Gasteiger partial charge in [-0.25, -0.2) is 4.39 Å². The number of carbonyl (C=O) groups is 2. The molecule has 0 heterocycles. The van der Waals surface area contributed by atoms with Crippen molar-refractivity contribution in [3.05, 3.63) is 71.0 Å². The van der Waals surface area contributed by atoms with E-state index in [9.17, 15) is 27.2 Å². The number of halogens is 4. The molecule has 0 aliphatic heterocycles. The van der Waals surface area contributed by atoms with Crippen molar-refractivity contribution in [2.24, 2.45) is 0 Å². The maximum atomic E-state index is 12.9. The van der Waals surface area contributed by atoms with E-state index in [1.807, 2.05) is 0 Å². The summed E-state index contributed by atoms with van der Waals surface area (Å²) in [6.07, 6.45) is -4.72. The summed E-state index contributed by atoms with van der Waals surface area (Å²) < 4.78 is 51.2. The molecular weight excluding hydrogens is 376 g/mol. The van der Waals surface area contributed by atoms with Gasteiger partial charge in [-0.2, -0.15) is 13.2 Å². The monoisotopic (exact) mass is 396 g/mol. The summed E-state index contributed by atoms with van der Waals surface area (Å²) in [5.41, 5.74) is 0.107. The minimum atomic E-state index is -4.48. The smallest absolute Gasteiger partial charge is 0.350 e. The molecule has 0 fully saturated rings. The lowest BCUT2D eigenvalue weighted by Crippen LogP contribution is -2.41. The molecule has 28 heavy (non-hydrogen) atoms. The Kier molecular flexibility index (Phi) is 7.14. The second kappa shape index (κ2) is 9.34. The van der Waals surface area contributed by atoms with Crippen molar-refractivity contribution in [1.82, 2.24) is 10.2 Å². The number of carbonyl (C=O) groups excluding carboxylic acids is 2. The van der Waals surface area contributed by atoms with E-state index >= 15 is 0 Å². The van der Waals surface area contributed by atoms with E-state index in [1.165, 1.54) is 41.3 Å². The quantitative estimate of drug-likeness (QED) is 0.728. The van der Waals surface area contributed by atoms with Crippen molar-refractivity contribution < 1.29 is 27.2 Å². The summed E-state index contributed by atoms with van der Waals surface area (Å²) in [7, 11) is 0. The van der Waals surface area contributed by atoms with E-state index in [1.54, 1.807) is 6.92 Å². The molecule has 2 rings (SSSR count). The average molecular weight is 396 g/mol. The van der Waals surface area contributed by atoms with Crippen LogP contribution in [0.2, 0.25) is 0 Å². The van der Waals surface area contributed by atoms with Gasteiger partial charge in [-0.3, -0.25) is 9.59 Å². The van der Waals surface area contributed by atoms with Gasteiger partial charge in [0, 0.05) is 13.1 Å². The Bertz CT molecular complexity index is 820. The fourth-order valence-electron chi connectivity index (χ4n) is 2.55. The van der Waals surface area contributed by atoms with Gasteiger partial charge in [0.05, 0.1) is 18.5 Å². The summed E-state index contributed by atoms with van der Waals surface area (Å²) in [6, 6.07) is 10.2. The van der Waals surface area contributed by atoms with Crippen LogP contribution in [0, 0.1) is 5.82 Å². The summed E-state index contributed by atoms with van der Waals surface area (Å²) in [5.74, 6) is -1.24. The second-order valence-corrected chi connectivity index (χ2v) is 6.19. The molecule has 8 heteroatoms. The molecule has 0 aliphatic carbocycles. The first kappa shape index (κ1) is 21.4. The lowest BCUT2D eigenvalue weighted by Gasteiger charge is -2.20. The molecule has 0 bridgehead atoms. The van der Waals surface area contributed by atoms with Crippen LogP contribution in [-0.4, -0.2) is 29.8 Å². The van der Waals surface area contributed by atoms with E-state index in [2.05, 4.69) is 5.32 Å². The van der Waals surface area contributed by atoms with Crippen molar-refractivity contribution >= 4 is 11.8 Å². The van der Waals surface area contributed by atoms with Crippen molar-refractivity contribution in [2.45, 2.75) is 26.1 Å². The van der Waals surface area contributed by atoms with E-state index < -0.39 is 23.6 Å². The van der Waals surface area contributed by atoms with Crippen LogP contribution in [0.1, 0.15) is 23.6 Å². The third kappa shape index (κ3) is 6.37. The van der Waals surface area contributed by atoms with Crippen LogP contribution in [0.4, 0.5) is 17.6 Å². The number of hydrogen-bond donors (Lipinski definition) is 1. The molecule has 0 unspecified atom stereocenters. The highest BCUT2D eigenvalue weighted by atomic mass is 19.4. The molecule has 0 spiro atoms. The Labute approximate surface area is 160 Å². The van der Waals surface area contributed by atoms with Crippen LogP contribution in [0.25, 0.3) is 0 Å². The molecule has 0 saturated heterocycles. The Morgan fingerprint density at radius 1 is 1.04 bits per heavy atom. The summed E-state index contributed by atoms with van der Waals surface area (Å²) in [6.45, 7) is 1.88. The number of nitrogens with zero attached hydrogens (tertiary/aromatic N) is 1. The van der Waals surface area contributed by atoms with Crippen LogP contribution in [0.5, 0.6) is 0 Å². The standard InChI is InChI=1S/C20H20F4N2O2/c1-2-26(13-18(27)25-12-14-6-8-17(21)9-7-14)19(28)11-15-4-3-5-16(10-15)20(22,23)24/h3-10H,2,11-13H2,1H3,(H,25,27). The molecule has 0 aliphatic rings. The number of benzene rings is 2. The lowest BCUT2D eigenvalue weighted by molar-refractivity contribution is -0.138. The number of alkyl halides is 3. The van der Waals surface area contributed by atoms with E-state index in [-0.39, 0.29) is 37.4 Å². The minimum Gasteiger partial charge on any atom is -0.350 e.